The van der Waals surface area contributed by atoms with Gasteiger partial charge >= 0.3 is 5.97 Å². The number of hydrogen-bond donors (Lipinski definition) is 0. The number of nitriles is 4. The van der Waals surface area contributed by atoms with Gasteiger partial charge in [0.2, 0.25) is 0 Å². The molecule has 0 saturated heterocycles. The number of carbonyl (C=O) groups excluding carboxylic acids is 1. The van der Waals surface area contributed by atoms with E-state index >= 15 is 0 Å². The summed E-state index contributed by atoms with van der Waals surface area (Å²) in [6, 6.07) is 7.49. The molecular formula is C15H18N4O2. The second-order valence-electron chi connectivity index (χ2n) is 4.59. The number of nitrogens with zero attached hydrogens (tertiary/aromatic N) is 4. The van der Waals surface area contributed by atoms with Gasteiger partial charge in [-0.1, -0.05) is 12.8 Å². The number of carbonyl (C=O) groups is 1. The Balaban J connectivity index is 4.40. The highest BCUT2D eigenvalue weighted by molar-refractivity contribution is 5.72. The molecule has 0 aromatic rings. The van der Waals surface area contributed by atoms with Crippen LogP contribution in [0.1, 0.15) is 39.0 Å². The molecule has 0 rings (SSSR count). The highest BCUT2D eigenvalue weighted by Crippen LogP contribution is 2.21. The third-order valence-corrected chi connectivity index (χ3v) is 3.06. The molecule has 0 heterocycles. The molecule has 0 aliphatic rings. The average Bonchev–Trinajstić information content (AvgIpc) is 2.50. The van der Waals surface area contributed by atoms with E-state index in [-0.39, 0.29) is 13.0 Å². The van der Waals surface area contributed by atoms with Crippen LogP contribution in [0.3, 0.4) is 0 Å². The van der Waals surface area contributed by atoms with Gasteiger partial charge in [0.05, 0.1) is 36.8 Å². The first-order valence-electron chi connectivity index (χ1n) is 6.87. The van der Waals surface area contributed by atoms with Crippen LogP contribution in [-0.4, -0.2) is 12.6 Å². The van der Waals surface area contributed by atoms with Crippen LogP contribution in [-0.2, 0) is 9.53 Å². The maximum atomic E-state index is 11.8. The molecule has 0 aliphatic carbocycles. The Hall–Kier alpha value is -2.57. The van der Waals surface area contributed by atoms with Crippen molar-refractivity contribution in [1.29, 1.82) is 21.0 Å². The molecule has 0 N–H and O–H groups in total. The third-order valence-electron chi connectivity index (χ3n) is 3.06. The summed E-state index contributed by atoms with van der Waals surface area (Å²) in [4.78, 5) is 11.8. The molecule has 0 aromatic heterocycles. The zero-order valence-corrected chi connectivity index (χ0v) is 12.1. The number of hydrogen-bond acceptors (Lipinski definition) is 6. The number of unbranched alkanes of at least 4 members (excludes halogenated alkanes) is 1. The first kappa shape index (κ1) is 18.4. The van der Waals surface area contributed by atoms with Gasteiger partial charge in [-0.15, -0.1) is 0 Å². The summed E-state index contributed by atoms with van der Waals surface area (Å²) >= 11 is 0. The molecule has 6 nitrogen and oxygen atoms in total. The van der Waals surface area contributed by atoms with Gasteiger partial charge < -0.3 is 4.74 Å². The summed E-state index contributed by atoms with van der Waals surface area (Å²) in [6.45, 7) is 1.95. The van der Waals surface area contributed by atoms with Gasteiger partial charge in [0.15, 0.2) is 0 Å². The predicted octanol–water partition coefficient (Wildman–Crippen LogP) is 2.44. The molecular weight excluding hydrogens is 268 g/mol. The van der Waals surface area contributed by atoms with Crippen molar-refractivity contribution in [3.63, 3.8) is 0 Å². The van der Waals surface area contributed by atoms with Crippen molar-refractivity contribution in [1.82, 2.24) is 0 Å². The van der Waals surface area contributed by atoms with Crippen molar-refractivity contribution in [2.24, 2.45) is 17.8 Å². The molecule has 21 heavy (non-hydrogen) atoms. The predicted molar refractivity (Wildman–Crippen MR) is 72.6 cm³/mol. The van der Waals surface area contributed by atoms with Crippen LogP contribution in [0, 0.1) is 63.1 Å². The molecule has 0 radical (unpaired) electrons. The quantitative estimate of drug-likeness (QED) is 0.474. The van der Waals surface area contributed by atoms with Gasteiger partial charge in [-0.05, 0) is 26.2 Å². The summed E-state index contributed by atoms with van der Waals surface area (Å²) in [5.41, 5.74) is 0. The van der Waals surface area contributed by atoms with Crippen molar-refractivity contribution in [3.05, 3.63) is 0 Å². The Morgan fingerprint density at radius 1 is 0.952 bits per heavy atom. The lowest BCUT2D eigenvalue weighted by Gasteiger charge is -2.15. The molecule has 0 bridgehead atoms. The fourth-order valence-electron chi connectivity index (χ4n) is 1.91. The summed E-state index contributed by atoms with van der Waals surface area (Å²) in [6.07, 6.45) is 2.40. The minimum atomic E-state index is -0.828. The van der Waals surface area contributed by atoms with E-state index in [4.69, 9.17) is 25.8 Å². The van der Waals surface area contributed by atoms with E-state index < -0.39 is 23.7 Å². The molecule has 0 aromatic carbocycles. The summed E-state index contributed by atoms with van der Waals surface area (Å²) in [5.74, 6) is -2.34. The minimum absolute atomic E-state index is 0.158. The van der Waals surface area contributed by atoms with Crippen molar-refractivity contribution in [3.8, 4) is 24.3 Å². The van der Waals surface area contributed by atoms with E-state index in [0.29, 0.717) is 25.7 Å². The summed E-state index contributed by atoms with van der Waals surface area (Å²) < 4.78 is 4.95. The van der Waals surface area contributed by atoms with Crippen LogP contribution in [0.4, 0.5) is 0 Å². The second-order valence-corrected chi connectivity index (χ2v) is 4.59. The van der Waals surface area contributed by atoms with Crippen LogP contribution in [0.15, 0.2) is 0 Å². The minimum Gasteiger partial charge on any atom is -0.466 e. The zero-order valence-electron chi connectivity index (χ0n) is 12.1. The molecule has 110 valence electrons. The Labute approximate surface area is 125 Å². The highest BCUT2D eigenvalue weighted by Gasteiger charge is 2.24. The standard InChI is InChI=1S/C15H18N4O2/c1-2-21-15(20)14(7-13(10-18)11-19)6-4-3-5-12(8-16)9-17/h12-14H,2-7H2,1H3. The van der Waals surface area contributed by atoms with E-state index in [1.807, 2.05) is 24.3 Å². The first-order valence-corrected chi connectivity index (χ1v) is 6.87. The number of esters is 1. The fourth-order valence-corrected chi connectivity index (χ4v) is 1.91. The molecule has 1 atom stereocenters. The molecule has 0 aliphatic heterocycles. The highest BCUT2D eigenvalue weighted by atomic mass is 16.5. The van der Waals surface area contributed by atoms with Crippen LogP contribution < -0.4 is 0 Å². The van der Waals surface area contributed by atoms with Crippen molar-refractivity contribution < 1.29 is 9.53 Å². The molecule has 6 heteroatoms. The van der Waals surface area contributed by atoms with Crippen molar-refractivity contribution in [2.75, 3.05) is 6.61 Å². The lowest BCUT2D eigenvalue weighted by molar-refractivity contribution is -0.148. The van der Waals surface area contributed by atoms with E-state index in [0.717, 1.165) is 0 Å². The van der Waals surface area contributed by atoms with E-state index in [2.05, 4.69) is 0 Å². The average molecular weight is 286 g/mol. The molecule has 0 fully saturated rings. The van der Waals surface area contributed by atoms with Gasteiger partial charge in [-0.25, -0.2) is 0 Å². The van der Waals surface area contributed by atoms with Gasteiger partial charge in [0, 0.05) is 0 Å². The Bertz CT molecular complexity index is 462. The second kappa shape index (κ2) is 11.3. The van der Waals surface area contributed by atoms with Gasteiger partial charge in [0.1, 0.15) is 11.8 Å². The van der Waals surface area contributed by atoms with Crippen LogP contribution in [0.5, 0.6) is 0 Å². The van der Waals surface area contributed by atoms with Crippen LogP contribution >= 0.6 is 0 Å². The van der Waals surface area contributed by atoms with Crippen LogP contribution in [0.25, 0.3) is 0 Å². The zero-order chi connectivity index (χ0) is 16.1. The van der Waals surface area contributed by atoms with Gasteiger partial charge in [-0.2, -0.15) is 21.0 Å². The van der Waals surface area contributed by atoms with Crippen molar-refractivity contribution in [2.45, 2.75) is 39.0 Å². The van der Waals surface area contributed by atoms with E-state index in [9.17, 15) is 4.79 Å². The van der Waals surface area contributed by atoms with Crippen molar-refractivity contribution >= 4 is 5.97 Å². The Morgan fingerprint density at radius 3 is 1.95 bits per heavy atom. The SMILES string of the molecule is CCOC(=O)C(CCCCC(C#N)C#N)CC(C#N)C#N. The molecule has 0 amide bonds. The monoisotopic (exact) mass is 286 g/mol. The van der Waals surface area contributed by atoms with Gasteiger partial charge in [-0.3, -0.25) is 4.79 Å². The van der Waals surface area contributed by atoms with E-state index in [1.165, 1.54) is 0 Å². The Kier molecular flexibility index (Phi) is 9.89. The molecule has 0 saturated carbocycles. The fraction of sp³-hybridized carbons (Fsp3) is 0.667. The third kappa shape index (κ3) is 7.56. The summed E-state index contributed by atoms with van der Waals surface area (Å²) in [7, 11) is 0. The topological polar surface area (TPSA) is 121 Å². The number of ether oxygens (including phenoxy) is 1. The molecule has 1 unspecified atom stereocenters. The first-order chi connectivity index (χ1) is 10.1. The summed E-state index contributed by atoms with van der Waals surface area (Å²) in [5, 5.41) is 34.9. The lowest BCUT2D eigenvalue weighted by atomic mass is 9.91. The maximum absolute atomic E-state index is 11.8. The lowest BCUT2D eigenvalue weighted by Crippen LogP contribution is -2.20. The Morgan fingerprint density at radius 2 is 1.48 bits per heavy atom. The van der Waals surface area contributed by atoms with Crippen LogP contribution in [0.2, 0.25) is 0 Å². The normalized spacial score (nSPS) is 11.0. The smallest absolute Gasteiger partial charge is 0.309 e. The molecule has 0 spiro atoms. The maximum Gasteiger partial charge on any atom is 0.309 e. The van der Waals surface area contributed by atoms with E-state index in [1.54, 1.807) is 6.92 Å². The largest absolute Gasteiger partial charge is 0.466 e. The number of rotatable bonds is 9. The van der Waals surface area contributed by atoms with Gasteiger partial charge in [0.25, 0.3) is 0 Å².